The van der Waals surface area contributed by atoms with Crippen LogP contribution in [0.5, 0.6) is 0 Å². The molecule has 0 aromatic carbocycles. The van der Waals surface area contributed by atoms with E-state index in [1.165, 1.54) is 0 Å². The summed E-state index contributed by atoms with van der Waals surface area (Å²) in [7, 11) is 0. The Labute approximate surface area is 104 Å². The van der Waals surface area contributed by atoms with E-state index in [1.807, 2.05) is 4.57 Å². The Morgan fingerprint density at radius 3 is 3.17 bits per heavy atom. The molecule has 0 saturated heterocycles. The number of aromatic nitrogens is 4. The molecule has 1 unspecified atom stereocenters. The molecule has 0 saturated carbocycles. The molecule has 0 radical (unpaired) electrons. The molecule has 0 amide bonds. The van der Waals surface area contributed by atoms with Gasteiger partial charge in [0.2, 0.25) is 5.95 Å². The van der Waals surface area contributed by atoms with Crippen LogP contribution in [0.3, 0.4) is 0 Å². The molecule has 2 heterocycles. The Balaban J connectivity index is 1.97. The first kappa shape index (κ1) is 11.0. The van der Waals surface area contributed by atoms with Gasteiger partial charge in [-0.3, -0.25) is 9.78 Å². The molecule has 1 atom stereocenters. The number of nitrogens with zero attached hydrogens (tertiary/aromatic N) is 3. The summed E-state index contributed by atoms with van der Waals surface area (Å²) >= 11 is 0. The van der Waals surface area contributed by atoms with Gasteiger partial charge in [0.1, 0.15) is 0 Å². The van der Waals surface area contributed by atoms with Crippen LogP contribution in [0.25, 0.3) is 11.2 Å². The molecule has 1 aliphatic rings. The first-order valence-corrected chi connectivity index (χ1v) is 6.09. The fourth-order valence-electron chi connectivity index (χ4n) is 2.40. The molecule has 0 spiro atoms. The van der Waals surface area contributed by atoms with E-state index in [2.05, 4.69) is 27.1 Å². The number of nitrogens with one attached hydrogen (secondary N) is 1. The van der Waals surface area contributed by atoms with Gasteiger partial charge >= 0.3 is 0 Å². The number of hydrogen-bond donors (Lipinski definition) is 2. The summed E-state index contributed by atoms with van der Waals surface area (Å²) in [4.78, 5) is 22.4. The van der Waals surface area contributed by atoms with Crippen LogP contribution in [0.1, 0.15) is 19.3 Å². The second-order valence-electron chi connectivity index (χ2n) is 4.67. The monoisotopic (exact) mass is 245 g/mol. The molecule has 2 aromatic rings. The van der Waals surface area contributed by atoms with Gasteiger partial charge in [-0.2, -0.15) is 4.98 Å². The molecule has 3 N–H and O–H groups in total. The van der Waals surface area contributed by atoms with Crippen molar-refractivity contribution in [2.75, 3.05) is 5.73 Å². The average molecular weight is 245 g/mol. The van der Waals surface area contributed by atoms with Crippen LogP contribution in [0.2, 0.25) is 0 Å². The molecule has 3 rings (SSSR count). The Morgan fingerprint density at radius 2 is 2.39 bits per heavy atom. The molecule has 6 heteroatoms. The molecule has 0 aliphatic heterocycles. The Kier molecular flexibility index (Phi) is 2.62. The van der Waals surface area contributed by atoms with Crippen LogP contribution in [-0.4, -0.2) is 19.5 Å². The summed E-state index contributed by atoms with van der Waals surface area (Å²) in [5, 5.41) is 0. The summed E-state index contributed by atoms with van der Waals surface area (Å²) in [6, 6.07) is 0. The molecule has 2 aromatic heterocycles. The highest BCUT2D eigenvalue weighted by Crippen LogP contribution is 2.21. The van der Waals surface area contributed by atoms with Crippen molar-refractivity contribution in [2.45, 2.75) is 25.8 Å². The van der Waals surface area contributed by atoms with Crippen molar-refractivity contribution in [1.29, 1.82) is 0 Å². The summed E-state index contributed by atoms with van der Waals surface area (Å²) in [6.45, 7) is 0.830. The van der Waals surface area contributed by atoms with Crippen molar-refractivity contribution in [2.24, 2.45) is 5.92 Å². The fourth-order valence-corrected chi connectivity index (χ4v) is 2.40. The Hall–Kier alpha value is -2.11. The number of nitrogens with two attached hydrogens (primary N) is 1. The average Bonchev–Trinajstić information content (AvgIpc) is 2.74. The SMILES string of the molecule is Nc1nc2c(ncn2CC2CC=CCC2)c(=O)[nH]1. The zero-order valence-corrected chi connectivity index (χ0v) is 9.97. The number of H-pyrrole nitrogens is 1. The lowest BCUT2D eigenvalue weighted by Gasteiger charge is -2.18. The molecular formula is C12H15N5O. The van der Waals surface area contributed by atoms with E-state index in [0.29, 0.717) is 17.1 Å². The molecule has 18 heavy (non-hydrogen) atoms. The molecule has 94 valence electrons. The maximum atomic E-state index is 11.6. The molecule has 6 nitrogen and oxygen atoms in total. The summed E-state index contributed by atoms with van der Waals surface area (Å²) in [5.74, 6) is 0.715. The number of nitrogen functional groups attached to an aromatic ring is 1. The predicted molar refractivity (Wildman–Crippen MR) is 69.0 cm³/mol. The molecule has 0 bridgehead atoms. The number of anilines is 1. The minimum absolute atomic E-state index is 0.137. The largest absolute Gasteiger partial charge is 0.369 e. The first-order chi connectivity index (χ1) is 8.74. The first-order valence-electron chi connectivity index (χ1n) is 6.09. The fraction of sp³-hybridized carbons (Fsp3) is 0.417. The van der Waals surface area contributed by atoms with Crippen molar-refractivity contribution in [1.82, 2.24) is 19.5 Å². The standard InChI is InChI=1S/C12H15N5O/c13-12-15-10-9(11(18)16-12)14-7-17(10)6-8-4-2-1-3-5-8/h1-2,7-8H,3-6H2,(H3,13,15,16,18). The second kappa shape index (κ2) is 4.29. The third-order valence-electron chi connectivity index (χ3n) is 3.33. The normalized spacial score (nSPS) is 19.4. The van der Waals surface area contributed by atoms with Gasteiger partial charge in [-0.05, 0) is 25.2 Å². The number of rotatable bonds is 2. The van der Waals surface area contributed by atoms with Gasteiger partial charge in [-0.15, -0.1) is 0 Å². The maximum absolute atomic E-state index is 11.6. The third-order valence-corrected chi connectivity index (χ3v) is 3.33. The minimum Gasteiger partial charge on any atom is -0.369 e. The summed E-state index contributed by atoms with van der Waals surface area (Å²) in [5.41, 5.74) is 6.22. The van der Waals surface area contributed by atoms with E-state index in [4.69, 9.17) is 5.73 Å². The lowest BCUT2D eigenvalue weighted by molar-refractivity contribution is 0.414. The number of fused-ring (bicyclic) bond motifs is 1. The minimum atomic E-state index is -0.278. The smallest absolute Gasteiger partial charge is 0.280 e. The summed E-state index contributed by atoms with van der Waals surface area (Å²) < 4.78 is 1.92. The van der Waals surface area contributed by atoms with Crippen LogP contribution in [0, 0.1) is 5.92 Å². The van der Waals surface area contributed by atoms with Crippen LogP contribution < -0.4 is 11.3 Å². The molecule has 0 fully saturated rings. The van der Waals surface area contributed by atoms with Crippen molar-refractivity contribution in [3.05, 3.63) is 28.8 Å². The second-order valence-corrected chi connectivity index (χ2v) is 4.67. The van der Waals surface area contributed by atoms with Gasteiger partial charge in [-0.1, -0.05) is 12.2 Å². The lowest BCUT2D eigenvalue weighted by Crippen LogP contribution is -2.15. The third kappa shape index (κ3) is 1.90. The maximum Gasteiger partial charge on any atom is 0.280 e. The van der Waals surface area contributed by atoms with Crippen molar-refractivity contribution in [3.63, 3.8) is 0 Å². The van der Waals surface area contributed by atoms with E-state index in [0.717, 1.165) is 25.8 Å². The van der Waals surface area contributed by atoms with Gasteiger partial charge in [0, 0.05) is 6.54 Å². The zero-order chi connectivity index (χ0) is 12.5. The Morgan fingerprint density at radius 1 is 1.50 bits per heavy atom. The number of allylic oxidation sites excluding steroid dienone is 2. The van der Waals surface area contributed by atoms with E-state index in [-0.39, 0.29) is 11.5 Å². The Bertz CT molecular complexity index is 654. The van der Waals surface area contributed by atoms with Gasteiger partial charge in [0.15, 0.2) is 11.2 Å². The van der Waals surface area contributed by atoms with Gasteiger partial charge in [-0.25, -0.2) is 4.98 Å². The van der Waals surface area contributed by atoms with Crippen LogP contribution in [-0.2, 0) is 6.54 Å². The summed E-state index contributed by atoms with van der Waals surface area (Å²) in [6.07, 6.45) is 9.44. The number of imidazole rings is 1. The highest BCUT2D eigenvalue weighted by molar-refractivity contribution is 5.70. The van der Waals surface area contributed by atoms with Crippen molar-refractivity contribution >= 4 is 17.1 Å². The highest BCUT2D eigenvalue weighted by atomic mass is 16.1. The van der Waals surface area contributed by atoms with Gasteiger partial charge < -0.3 is 10.3 Å². The van der Waals surface area contributed by atoms with Crippen molar-refractivity contribution < 1.29 is 0 Å². The van der Waals surface area contributed by atoms with Crippen LogP contribution >= 0.6 is 0 Å². The van der Waals surface area contributed by atoms with E-state index in [9.17, 15) is 4.79 Å². The number of hydrogen-bond acceptors (Lipinski definition) is 4. The predicted octanol–water partition coefficient (Wildman–Crippen LogP) is 1.06. The lowest BCUT2D eigenvalue weighted by atomic mass is 9.94. The van der Waals surface area contributed by atoms with E-state index >= 15 is 0 Å². The van der Waals surface area contributed by atoms with E-state index < -0.39 is 0 Å². The quantitative estimate of drug-likeness (QED) is 0.774. The van der Waals surface area contributed by atoms with Crippen molar-refractivity contribution in [3.8, 4) is 0 Å². The topological polar surface area (TPSA) is 89.6 Å². The zero-order valence-electron chi connectivity index (χ0n) is 9.97. The highest BCUT2D eigenvalue weighted by Gasteiger charge is 2.14. The van der Waals surface area contributed by atoms with E-state index in [1.54, 1.807) is 6.33 Å². The molecular weight excluding hydrogens is 230 g/mol. The van der Waals surface area contributed by atoms with Gasteiger partial charge in [0.25, 0.3) is 5.56 Å². The van der Waals surface area contributed by atoms with Crippen LogP contribution in [0.4, 0.5) is 5.95 Å². The molecule has 1 aliphatic carbocycles. The number of aromatic amines is 1. The van der Waals surface area contributed by atoms with Gasteiger partial charge in [0.05, 0.1) is 6.33 Å². The van der Waals surface area contributed by atoms with Crippen LogP contribution in [0.15, 0.2) is 23.3 Å².